The first-order chi connectivity index (χ1) is 16.4. The van der Waals surface area contributed by atoms with Crippen molar-refractivity contribution in [2.75, 3.05) is 5.32 Å². The van der Waals surface area contributed by atoms with E-state index in [2.05, 4.69) is 26.7 Å². The Morgan fingerprint density at radius 2 is 1.97 bits per heavy atom. The highest BCUT2D eigenvalue weighted by molar-refractivity contribution is 6.05. The van der Waals surface area contributed by atoms with Crippen LogP contribution in [0.4, 0.5) is 5.82 Å². The second kappa shape index (κ2) is 8.67. The van der Waals surface area contributed by atoms with E-state index in [1.807, 2.05) is 63.2 Å². The summed E-state index contributed by atoms with van der Waals surface area (Å²) in [6.45, 7) is 6.48. The van der Waals surface area contributed by atoms with Gasteiger partial charge >= 0.3 is 0 Å². The molecule has 6 nitrogen and oxygen atoms in total. The fourth-order valence-electron chi connectivity index (χ4n) is 5.04. The zero-order valence-corrected chi connectivity index (χ0v) is 19.9. The summed E-state index contributed by atoms with van der Waals surface area (Å²) in [7, 11) is 0. The molecule has 3 aromatic rings. The molecular weight excluding hydrogens is 424 g/mol. The summed E-state index contributed by atoms with van der Waals surface area (Å²) in [5.74, 6) is 0.947. The summed E-state index contributed by atoms with van der Waals surface area (Å²) in [5, 5.41) is 5.94. The number of rotatable bonds is 6. The second-order valence-electron chi connectivity index (χ2n) is 9.75. The van der Waals surface area contributed by atoms with Gasteiger partial charge in [-0.1, -0.05) is 31.5 Å². The molecular formula is C28H30N4O2. The number of hydrogen-bond donors (Lipinski definition) is 2. The van der Waals surface area contributed by atoms with Crippen molar-refractivity contribution in [3.8, 4) is 0 Å². The van der Waals surface area contributed by atoms with E-state index in [-0.39, 0.29) is 17.7 Å². The molecule has 0 radical (unpaired) electrons. The number of aromatic nitrogens is 2. The Morgan fingerprint density at radius 1 is 1.21 bits per heavy atom. The van der Waals surface area contributed by atoms with Crippen molar-refractivity contribution in [1.29, 1.82) is 0 Å². The Labute approximate surface area is 200 Å². The first-order valence-corrected chi connectivity index (χ1v) is 12.0. The van der Waals surface area contributed by atoms with Gasteiger partial charge in [0.05, 0.1) is 5.41 Å². The first kappa shape index (κ1) is 22.3. The molecule has 1 aliphatic carbocycles. The largest absolute Gasteiger partial charge is 0.348 e. The van der Waals surface area contributed by atoms with Crippen LogP contribution in [0.5, 0.6) is 0 Å². The molecule has 1 unspecified atom stereocenters. The molecule has 2 atom stereocenters. The lowest BCUT2D eigenvalue weighted by atomic mass is 9.71. The monoisotopic (exact) mass is 454 g/mol. The van der Waals surface area contributed by atoms with Gasteiger partial charge < -0.3 is 10.6 Å². The molecule has 1 fully saturated rings. The highest BCUT2D eigenvalue weighted by atomic mass is 16.2. The van der Waals surface area contributed by atoms with Crippen LogP contribution in [0, 0.1) is 6.92 Å². The zero-order chi connectivity index (χ0) is 23.9. The Balaban J connectivity index is 1.28. The third-order valence-corrected chi connectivity index (χ3v) is 7.62. The molecule has 1 saturated carbocycles. The molecule has 1 aromatic carbocycles. The Hall–Kier alpha value is -3.54. The summed E-state index contributed by atoms with van der Waals surface area (Å²) in [6, 6.07) is 15.5. The van der Waals surface area contributed by atoms with Crippen molar-refractivity contribution < 1.29 is 9.59 Å². The average molecular weight is 455 g/mol. The van der Waals surface area contributed by atoms with E-state index < -0.39 is 5.41 Å². The van der Waals surface area contributed by atoms with E-state index >= 15 is 0 Å². The molecule has 2 aliphatic rings. The van der Waals surface area contributed by atoms with E-state index in [0.717, 1.165) is 28.1 Å². The van der Waals surface area contributed by atoms with Gasteiger partial charge in [0.1, 0.15) is 5.82 Å². The highest BCUT2D eigenvalue weighted by Gasteiger charge is 2.47. The van der Waals surface area contributed by atoms with E-state index in [9.17, 15) is 9.59 Å². The minimum absolute atomic E-state index is 0.0515. The van der Waals surface area contributed by atoms with Gasteiger partial charge in [0, 0.05) is 41.2 Å². The maximum Gasteiger partial charge on any atom is 0.251 e. The predicted octanol–water partition coefficient (Wildman–Crippen LogP) is 5.00. The van der Waals surface area contributed by atoms with Crippen molar-refractivity contribution >= 4 is 17.6 Å². The maximum absolute atomic E-state index is 12.9. The third kappa shape index (κ3) is 3.87. The molecule has 2 amide bonds. The molecule has 5 rings (SSSR count). The maximum atomic E-state index is 12.9. The van der Waals surface area contributed by atoms with Gasteiger partial charge in [-0.2, -0.15) is 0 Å². The van der Waals surface area contributed by atoms with Crippen LogP contribution in [0.3, 0.4) is 0 Å². The lowest BCUT2D eigenvalue weighted by molar-refractivity contribution is -0.120. The lowest BCUT2D eigenvalue weighted by Crippen LogP contribution is -2.36. The molecule has 2 aromatic heterocycles. The minimum atomic E-state index is -0.718. The number of carbonyl (C=O) groups excluding carboxylic acids is 2. The predicted molar refractivity (Wildman–Crippen MR) is 132 cm³/mol. The van der Waals surface area contributed by atoms with Gasteiger partial charge in [0.2, 0.25) is 5.91 Å². The molecule has 174 valence electrons. The van der Waals surface area contributed by atoms with E-state index in [1.165, 1.54) is 19.3 Å². The second-order valence-corrected chi connectivity index (χ2v) is 9.75. The number of aryl methyl sites for hydroxylation is 1. The van der Waals surface area contributed by atoms with Crippen molar-refractivity contribution in [3.05, 3.63) is 88.4 Å². The van der Waals surface area contributed by atoms with Crippen molar-refractivity contribution in [3.63, 3.8) is 0 Å². The number of nitrogens with zero attached hydrogens (tertiary/aromatic N) is 2. The summed E-state index contributed by atoms with van der Waals surface area (Å²) < 4.78 is 0. The standard InChI is InChI=1S/C28H30N4O2/c1-17-14-19(15-24(31-17)21-6-4-7-21)16-30-26(33)22-11-9-20(10-12-22)18(2)28(3)23-8-5-13-29-25(23)32-27(28)34/h5,8-15,18,21H,4,6-7,16H2,1-3H3,(H,30,33)(H,29,32,34)/t18?,28-/m1/s1. The zero-order valence-electron chi connectivity index (χ0n) is 19.9. The molecule has 2 N–H and O–H groups in total. The Kier molecular flexibility index (Phi) is 5.68. The fourth-order valence-corrected chi connectivity index (χ4v) is 5.04. The van der Waals surface area contributed by atoms with Crippen molar-refractivity contribution in [2.45, 2.75) is 63.8 Å². The van der Waals surface area contributed by atoms with Crippen LogP contribution in [0.1, 0.15) is 83.4 Å². The lowest BCUT2D eigenvalue weighted by Gasteiger charge is -2.30. The van der Waals surface area contributed by atoms with Crippen LogP contribution in [0.15, 0.2) is 54.7 Å². The van der Waals surface area contributed by atoms with Gasteiger partial charge in [0.25, 0.3) is 5.91 Å². The average Bonchev–Trinajstić information content (AvgIpc) is 3.06. The number of pyridine rings is 2. The Morgan fingerprint density at radius 3 is 2.68 bits per heavy atom. The summed E-state index contributed by atoms with van der Waals surface area (Å²) in [6.07, 6.45) is 5.37. The van der Waals surface area contributed by atoms with Crippen LogP contribution in [0.2, 0.25) is 0 Å². The first-order valence-electron chi connectivity index (χ1n) is 12.0. The minimum Gasteiger partial charge on any atom is -0.348 e. The number of anilines is 1. The van der Waals surface area contributed by atoms with Crippen molar-refractivity contribution in [1.82, 2.24) is 15.3 Å². The van der Waals surface area contributed by atoms with Gasteiger partial charge in [-0.15, -0.1) is 0 Å². The van der Waals surface area contributed by atoms with Crippen LogP contribution < -0.4 is 10.6 Å². The number of benzene rings is 1. The molecule has 1 aliphatic heterocycles. The third-order valence-electron chi connectivity index (χ3n) is 7.62. The molecule has 0 bridgehead atoms. The molecule has 6 heteroatoms. The van der Waals surface area contributed by atoms with Gasteiger partial charge in [0.15, 0.2) is 0 Å². The molecule has 34 heavy (non-hydrogen) atoms. The van der Waals surface area contributed by atoms with Gasteiger partial charge in [-0.3, -0.25) is 14.6 Å². The van der Waals surface area contributed by atoms with Crippen LogP contribution in [0.25, 0.3) is 0 Å². The smallest absolute Gasteiger partial charge is 0.251 e. The Bertz CT molecular complexity index is 1250. The quantitative estimate of drug-likeness (QED) is 0.549. The number of hydrogen-bond acceptors (Lipinski definition) is 4. The van der Waals surface area contributed by atoms with E-state index in [1.54, 1.807) is 6.20 Å². The van der Waals surface area contributed by atoms with Crippen LogP contribution in [-0.2, 0) is 16.8 Å². The van der Waals surface area contributed by atoms with Crippen LogP contribution >= 0.6 is 0 Å². The summed E-state index contributed by atoms with van der Waals surface area (Å²) in [4.78, 5) is 34.6. The van der Waals surface area contributed by atoms with E-state index in [0.29, 0.717) is 23.8 Å². The number of fused-ring (bicyclic) bond motifs is 1. The number of nitrogens with one attached hydrogen (secondary N) is 2. The van der Waals surface area contributed by atoms with Gasteiger partial charge in [-0.05, 0) is 74.1 Å². The van der Waals surface area contributed by atoms with E-state index in [4.69, 9.17) is 0 Å². The van der Waals surface area contributed by atoms with Crippen molar-refractivity contribution in [2.24, 2.45) is 0 Å². The van der Waals surface area contributed by atoms with Crippen LogP contribution in [-0.4, -0.2) is 21.8 Å². The highest BCUT2D eigenvalue weighted by Crippen LogP contribution is 2.45. The SMILES string of the molecule is Cc1cc(CNC(=O)c2ccc(C(C)[C@@]3(C)C(=O)Nc4ncccc43)cc2)cc(C2CCC2)n1. The topological polar surface area (TPSA) is 84.0 Å². The molecule has 0 saturated heterocycles. The fraction of sp³-hybridized carbons (Fsp3) is 0.357. The normalized spacial score (nSPS) is 20.3. The number of amides is 2. The molecule has 0 spiro atoms. The summed E-state index contributed by atoms with van der Waals surface area (Å²) in [5.41, 5.74) is 5.02. The summed E-state index contributed by atoms with van der Waals surface area (Å²) >= 11 is 0. The molecule has 3 heterocycles. The van der Waals surface area contributed by atoms with Gasteiger partial charge in [-0.25, -0.2) is 4.98 Å². The number of carbonyl (C=O) groups is 2.